The Kier molecular flexibility index (Phi) is 7.25. The number of rotatable bonds is 9. The molecule has 0 aromatic heterocycles. The zero-order chi connectivity index (χ0) is 20.6. The highest BCUT2D eigenvalue weighted by Crippen LogP contribution is 2.28. The first-order valence-electron chi connectivity index (χ1n) is 8.25. The van der Waals surface area contributed by atoms with Crippen LogP contribution in [-0.2, 0) is 11.2 Å². The first kappa shape index (κ1) is 21.1. The van der Waals surface area contributed by atoms with Crippen molar-refractivity contribution in [2.45, 2.75) is 12.6 Å². The number of amides is 1. The number of benzene rings is 2. The number of carboxylic acid groups (broad SMARTS) is 1. The summed E-state index contributed by atoms with van der Waals surface area (Å²) < 4.78 is 46.7. The number of ether oxygens (including phenoxy) is 2. The molecule has 0 aliphatic rings. The molecule has 2 rings (SSSR count). The topological polar surface area (TPSA) is 84.9 Å². The summed E-state index contributed by atoms with van der Waals surface area (Å²) in [5.74, 6) is -1.60. The third-order valence-electron chi connectivity index (χ3n) is 3.51. The lowest BCUT2D eigenvalue weighted by Crippen LogP contribution is -2.30. The molecule has 0 saturated heterocycles. The molecule has 2 aromatic rings. The minimum atomic E-state index is -4.48. The number of hydrogen-bond acceptors (Lipinski definition) is 4. The third kappa shape index (κ3) is 7.18. The van der Waals surface area contributed by atoms with E-state index in [1.165, 1.54) is 30.3 Å². The zero-order valence-electron chi connectivity index (χ0n) is 14.7. The number of carbonyl (C=O) groups is 2. The van der Waals surface area contributed by atoms with Crippen LogP contribution in [0, 0.1) is 0 Å². The van der Waals surface area contributed by atoms with Crippen LogP contribution in [-0.4, -0.2) is 42.9 Å². The van der Waals surface area contributed by atoms with Crippen molar-refractivity contribution in [2.24, 2.45) is 0 Å². The lowest BCUT2D eigenvalue weighted by atomic mass is 10.1. The van der Waals surface area contributed by atoms with Gasteiger partial charge < -0.3 is 19.9 Å². The summed E-state index contributed by atoms with van der Waals surface area (Å²) in [6.45, 7) is -1.62. The summed E-state index contributed by atoms with van der Waals surface area (Å²) in [5.41, 5.74) is 0.898. The van der Waals surface area contributed by atoms with Gasteiger partial charge in [-0.3, -0.25) is 4.79 Å². The van der Waals surface area contributed by atoms with Crippen LogP contribution in [0.3, 0.4) is 0 Å². The Hall–Kier alpha value is -3.23. The van der Waals surface area contributed by atoms with Crippen LogP contribution in [0.2, 0.25) is 0 Å². The van der Waals surface area contributed by atoms with E-state index in [9.17, 15) is 22.8 Å². The van der Waals surface area contributed by atoms with Crippen molar-refractivity contribution in [1.82, 2.24) is 5.32 Å². The summed E-state index contributed by atoms with van der Waals surface area (Å²) in [6.07, 6.45) is -4.07. The van der Waals surface area contributed by atoms with E-state index in [0.717, 1.165) is 5.56 Å². The quantitative estimate of drug-likeness (QED) is 0.679. The van der Waals surface area contributed by atoms with E-state index in [1.54, 1.807) is 18.2 Å². The largest absolute Gasteiger partial charge is 0.480 e. The minimum absolute atomic E-state index is 0.0241. The number of nitrogens with one attached hydrogen (secondary N) is 1. The highest BCUT2D eigenvalue weighted by Gasteiger charge is 2.29. The summed E-state index contributed by atoms with van der Waals surface area (Å²) in [5, 5.41) is 11.5. The van der Waals surface area contributed by atoms with E-state index < -0.39 is 31.3 Å². The molecule has 6 nitrogen and oxygen atoms in total. The number of halogens is 3. The SMILES string of the molecule is O=C(COc1ccccc1OCC(F)(F)F)NCCc1cccc(C(=O)O)c1. The predicted molar refractivity (Wildman–Crippen MR) is 93.6 cm³/mol. The normalized spacial score (nSPS) is 11.0. The monoisotopic (exact) mass is 397 g/mol. The molecule has 9 heteroatoms. The maximum absolute atomic E-state index is 12.3. The summed E-state index contributed by atoms with van der Waals surface area (Å²) in [4.78, 5) is 22.8. The first-order chi connectivity index (χ1) is 13.2. The van der Waals surface area contributed by atoms with Gasteiger partial charge >= 0.3 is 12.1 Å². The third-order valence-corrected chi connectivity index (χ3v) is 3.51. The van der Waals surface area contributed by atoms with E-state index >= 15 is 0 Å². The Labute approximate surface area is 158 Å². The van der Waals surface area contributed by atoms with Crippen LogP contribution < -0.4 is 14.8 Å². The summed E-state index contributed by atoms with van der Waals surface area (Å²) >= 11 is 0. The Morgan fingerprint density at radius 1 is 1.00 bits per heavy atom. The minimum Gasteiger partial charge on any atom is -0.480 e. The fourth-order valence-electron chi connectivity index (χ4n) is 2.25. The van der Waals surface area contributed by atoms with Gasteiger partial charge in [-0.1, -0.05) is 24.3 Å². The molecule has 0 fully saturated rings. The number of alkyl halides is 3. The van der Waals surface area contributed by atoms with Gasteiger partial charge in [-0.25, -0.2) is 4.79 Å². The Balaban J connectivity index is 1.80. The van der Waals surface area contributed by atoms with Crippen molar-refractivity contribution in [3.05, 3.63) is 59.7 Å². The maximum Gasteiger partial charge on any atom is 0.422 e. The number of carbonyl (C=O) groups excluding carboxylic acids is 1. The van der Waals surface area contributed by atoms with Gasteiger partial charge in [0.15, 0.2) is 24.7 Å². The van der Waals surface area contributed by atoms with Gasteiger partial charge in [0.25, 0.3) is 5.91 Å². The van der Waals surface area contributed by atoms with Gasteiger partial charge in [0.1, 0.15) is 0 Å². The molecule has 0 aliphatic heterocycles. The molecule has 0 unspecified atom stereocenters. The lowest BCUT2D eigenvalue weighted by Gasteiger charge is -2.13. The molecular formula is C19H18F3NO5. The standard InChI is InChI=1S/C19H18F3NO5/c20-19(21,22)12-28-16-7-2-1-6-15(16)27-11-17(24)23-9-8-13-4-3-5-14(10-13)18(25)26/h1-7,10H,8-9,11-12H2,(H,23,24)(H,25,26). The van der Waals surface area contributed by atoms with Gasteiger partial charge in [0.2, 0.25) is 0 Å². The predicted octanol–water partition coefficient (Wildman–Crippen LogP) is 3.06. The zero-order valence-corrected chi connectivity index (χ0v) is 14.7. The van der Waals surface area contributed by atoms with E-state index in [4.69, 9.17) is 9.84 Å². The van der Waals surface area contributed by atoms with Gasteiger partial charge in [0, 0.05) is 6.54 Å². The number of aromatic carboxylic acids is 1. The van der Waals surface area contributed by atoms with Crippen LogP contribution in [0.1, 0.15) is 15.9 Å². The molecule has 0 atom stereocenters. The fourth-order valence-corrected chi connectivity index (χ4v) is 2.25. The van der Waals surface area contributed by atoms with Crippen LogP contribution >= 0.6 is 0 Å². The maximum atomic E-state index is 12.3. The number of carboxylic acids is 1. The van der Waals surface area contributed by atoms with Crippen molar-refractivity contribution in [3.63, 3.8) is 0 Å². The molecule has 0 aliphatic carbocycles. The molecule has 2 N–H and O–H groups in total. The molecule has 2 aromatic carbocycles. The molecule has 0 heterocycles. The Morgan fingerprint density at radius 2 is 1.68 bits per heavy atom. The average molecular weight is 397 g/mol. The van der Waals surface area contributed by atoms with Crippen molar-refractivity contribution in [1.29, 1.82) is 0 Å². The molecule has 1 amide bonds. The highest BCUT2D eigenvalue weighted by molar-refractivity contribution is 5.87. The second-order valence-electron chi connectivity index (χ2n) is 5.74. The van der Waals surface area contributed by atoms with Gasteiger partial charge in [-0.2, -0.15) is 13.2 Å². The number of para-hydroxylation sites is 2. The molecule has 28 heavy (non-hydrogen) atoms. The second kappa shape index (κ2) is 9.63. The van der Waals surface area contributed by atoms with Crippen LogP contribution in [0.25, 0.3) is 0 Å². The average Bonchev–Trinajstić information content (AvgIpc) is 2.65. The summed E-state index contributed by atoms with van der Waals surface area (Å²) in [6, 6.07) is 12.1. The van der Waals surface area contributed by atoms with E-state index in [1.807, 2.05) is 0 Å². The molecule has 150 valence electrons. The summed E-state index contributed by atoms with van der Waals surface area (Å²) in [7, 11) is 0. The van der Waals surface area contributed by atoms with Crippen molar-refractivity contribution >= 4 is 11.9 Å². The lowest BCUT2D eigenvalue weighted by molar-refractivity contribution is -0.153. The van der Waals surface area contributed by atoms with Crippen molar-refractivity contribution < 1.29 is 37.3 Å². The van der Waals surface area contributed by atoms with Gasteiger partial charge in [-0.15, -0.1) is 0 Å². The Bertz CT molecular complexity index is 823. The molecule has 0 saturated carbocycles. The molecule has 0 spiro atoms. The van der Waals surface area contributed by atoms with Crippen LogP contribution in [0.4, 0.5) is 13.2 Å². The van der Waals surface area contributed by atoms with E-state index in [2.05, 4.69) is 10.1 Å². The fraction of sp³-hybridized carbons (Fsp3) is 0.263. The van der Waals surface area contributed by atoms with Crippen LogP contribution in [0.5, 0.6) is 11.5 Å². The van der Waals surface area contributed by atoms with E-state index in [0.29, 0.717) is 6.42 Å². The van der Waals surface area contributed by atoms with Gasteiger partial charge in [0.05, 0.1) is 5.56 Å². The molecule has 0 bridgehead atoms. The van der Waals surface area contributed by atoms with Gasteiger partial charge in [-0.05, 0) is 36.2 Å². The smallest absolute Gasteiger partial charge is 0.422 e. The van der Waals surface area contributed by atoms with Crippen molar-refractivity contribution in [3.8, 4) is 11.5 Å². The molecular weight excluding hydrogens is 379 g/mol. The van der Waals surface area contributed by atoms with E-state index in [-0.39, 0.29) is 23.6 Å². The van der Waals surface area contributed by atoms with Crippen LogP contribution in [0.15, 0.2) is 48.5 Å². The Morgan fingerprint density at radius 3 is 2.32 bits per heavy atom. The second-order valence-corrected chi connectivity index (χ2v) is 5.74. The highest BCUT2D eigenvalue weighted by atomic mass is 19.4. The van der Waals surface area contributed by atoms with Crippen molar-refractivity contribution in [2.75, 3.05) is 19.8 Å². The molecule has 0 radical (unpaired) electrons. The number of hydrogen-bond donors (Lipinski definition) is 2. The first-order valence-corrected chi connectivity index (χ1v) is 8.25.